The van der Waals surface area contributed by atoms with Crippen LogP contribution in [0.4, 0.5) is 18.9 Å². The first-order valence-electron chi connectivity index (χ1n) is 7.49. The molecule has 0 aliphatic rings. The molecule has 1 aromatic heterocycles. The minimum absolute atomic E-state index is 0.207. The van der Waals surface area contributed by atoms with Crippen LogP contribution in [0, 0.1) is 17.5 Å². The summed E-state index contributed by atoms with van der Waals surface area (Å²) in [5, 5.41) is 8.77. The van der Waals surface area contributed by atoms with Crippen LogP contribution in [0.15, 0.2) is 64.4 Å². The summed E-state index contributed by atoms with van der Waals surface area (Å²) in [5.41, 5.74) is -0.976. The Bertz CT molecular complexity index is 1070. The number of aromatic carboxylic acids is 1. The largest absolute Gasteiger partial charge is 0.478 e. The summed E-state index contributed by atoms with van der Waals surface area (Å²) in [4.78, 5) is 23.2. The third kappa shape index (κ3) is 4.14. The number of hydrogen-bond donors (Lipinski definition) is 2. The van der Waals surface area contributed by atoms with Gasteiger partial charge in [-0.1, -0.05) is 0 Å². The zero-order valence-corrected chi connectivity index (χ0v) is 14.3. The number of carbonyl (C=O) groups is 1. The molecule has 0 spiro atoms. The second-order valence-electron chi connectivity index (χ2n) is 5.37. The number of anilines is 1. The van der Waals surface area contributed by atoms with Crippen molar-refractivity contribution in [3.05, 3.63) is 88.1 Å². The number of pyridine rings is 1. The maximum Gasteiger partial charge on any atom is 0.338 e. The molecule has 9 heteroatoms. The first kappa shape index (κ1) is 18.6. The van der Waals surface area contributed by atoms with Gasteiger partial charge in [0.25, 0.3) is 5.56 Å². The van der Waals surface area contributed by atoms with Crippen LogP contribution in [0.1, 0.15) is 10.4 Å². The Hall–Kier alpha value is -3.20. The Balaban J connectivity index is 1.75. The summed E-state index contributed by atoms with van der Waals surface area (Å²) < 4.78 is 44.4. The summed E-state index contributed by atoms with van der Waals surface area (Å²) in [6, 6.07) is 9.85. The van der Waals surface area contributed by atoms with E-state index in [1.165, 1.54) is 10.8 Å². The third-order valence-corrected chi connectivity index (χ3v) is 4.39. The van der Waals surface area contributed by atoms with E-state index in [1.807, 2.05) is 0 Å². The number of nitrogens with one attached hydrogen (secondary N) is 1. The molecule has 1 heterocycles. The fraction of sp³-hybridized carbons (Fsp3) is 0. The highest BCUT2D eigenvalue weighted by molar-refractivity contribution is 8.00. The standard InChI is InChI=1S/C18H11F3N2O3S/c19-10-5-6-23(17(24)7-10)11-1-3-12(4-2-11)27-22-16-9-14(20)13(18(25)26)8-15(16)21/h1-9,22H,(H,25,26). The summed E-state index contributed by atoms with van der Waals surface area (Å²) in [6.07, 6.45) is 1.31. The van der Waals surface area contributed by atoms with E-state index >= 15 is 0 Å². The second kappa shape index (κ2) is 7.58. The highest BCUT2D eigenvalue weighted by Crippen LogP contribution is 2.26. The molecule has 27 heavy (non-hydrogen) atoms. The summed E-state index contributed by atoms with van der Waals surface area (Å²) in [5.74, 6) is -4.15. The summed E-state index contributed by atoms with van der Waals surface area (Å²) in [7, 11) is 0. The highest BCUT2D eigenvalue weighted by atomic mass is 32.2. The van der Waals surface area contributed by atoms with Gasteiger partial charge in [-0.05, 0) is 48.3 Å². The summed E-state index contributed by atoms with van der Waals surface area (Å²) in [6.45, 7) is 0. The lowest BCUT2D eigenvalue weighted by Crippen LogP contribution is -2.16. The van der Waals surface area contributed by atoms with Crippen LogP contribution in [-0.4, -0.2) is 15.6 Å². The minimum atomic E-state index is -1.56. The highest BCUT2D eigenvalue weighted by Gasteiger charge is 2.15. The third-order valence-electron chi connectivity index (χ3n) is 3.56. The average molecular weight is 392 g/mol. The number of hydrogen-bond acceptors (Lipinski definition) is 4. The van der Waals surface area contributed by atoms with Gasteiger partial charge in [0.2, 0.25) is 0 Å². The Kier molecular flexibility index (Phi) is 5.22. The Morgan fingerprint density at radius 3 is 2.33 bits per heavy atom. The smallest absolute Gasteiger partial charge is 0.338 e. The van der Waals surface area contributed by atoms with E-state index in [1.54, 1.807) is 24.3 Å². The van der Waals surface area contributed by atoms with Gasteiger partial charge in [-0.15, -0.1) is 0 Å². The molecule has 138 valence electrons. The van der Waals surface area contributed by atoms with Gasteiger partial charge in [0.1, 0.15) is 17.5 Å². The first-order chi connectivity index (χ1) is 12.8. The van der Waals surface area contributed by atoms with Crippen LogP contribution in [-0.2, 0) is 0 Å². The molecule has 0 unspecified atom stereocenters. The number of carboxylic acids is 1. The fourth-order valence-electron chi connectivity index (χ4n) is 2.25. The maximum atomic E-state index is 13.9. The SMILES string of the molecule is O=C(O)c1cc(F)c(NSc2ccc(-n3ccc(F)cc3=O)cc2)cc1F. The predicted octanol–water partition coefficient (Wildman–Crippen LogP) is 4.07. The van der Waals surface area contributed by atoms with Gasteiger partial charge in [-0.3, -0.25) is 9.36 Å². The van der Waals surface area contributed by atoms with E-state index in [9.17, 15) is 22.8 Å². The molecular weight excluding hydrogens is 381 g/mol. The lowest BCUT2D eigenvalue weighted by molar-refractivity contribution is 0.0691. The van der Waals surface area contributed by atoms with Crippen LogP contribution in [0.25, 0.3) is 5.69 Å². The molecule has 0 fully saturated rings. The molecule has 3 rings (SSSR count). The molecule has 0 aliphatic carbocycles. The summed E-state index contributed by atoms with van der Waals surface area (Å²) >= 11 is 0.970. The maximum absolute atomic E-state index is 13.9. The average Bonchev–Trinajstić information content (AvgIpc) is 2.62. The van der Waals surface area contributed by atoms with Crippen LogP contribution in [0.5, 0.6) is 0 Å². The van der Waals surface area contributed by atoms with Crippen LogP contribution < -0.4 is 10.3 Å². The monoisotopic (exact) mass is 392 g/mol. The second-order valence-corrected chi connectivity index (χ2v) is 6.25. The zero-order chi connectivity index (χ0) is 19.6. The molecular formula is C18H11F3N2O3S. The quantitative estimate of drug-likeness (QED) is 0.641. The lowest BCUT2D eigenvalue weighted by Gasteiger charge is -2.09. The van der Waals surface area contributed by atoms with E-state index in [-0.39, 0.29) is 5.69 Å². The van der Waals surface area contributed by atoms with Crippen molar-refractivity contribution in [3.63, 3.8) is 0 Å². The molecule has 0 radical (unpaired) electrons. The number of halogens is 3. The molecule has 0 bridgehead atoms. The molecule has 0 aliphatic heterocycles. The van der Waals surface area contributed by atoms with Gasteiger partial charge in [-0.25, -0.2) is 18.0 Å². The van der Waals surface area contributed by atoms with Crippen molar-refractivity contribution in [2.45, 2.75) is 4.90 Å². The number of rotatable bonds is 5. The van der Waals surface area contributed by atoms with Crippen molar-refractivity contribution in [1.29, 1.82) is 0 Å². The van der Waals surface area contributed by atoms with Gasteiger partial charge in [0.05, 0.1) is 11.3 Å². The Morgan fingerprint density at radius 1 is 1.00 bits per heavy atom. The number of aromatic nitrogens is 1. The zero-order valence-electron chi connectivity index (χ0n) is 13.4. The fourth-order valence-corrected chi connectivity index (χ4v) is 2.90. The van der Waals surface area contributed by atoms with E-state index in [2.05, 4.69) is 4.72 Å². The van der Waals surface area contributed by atoms with Crippen molar-refractivity contribution >= 4 is 23.6 Å². The van der Waals surface area contributed by atoms with Crippen molar-refractivity contribution in [2.75, 3.05) is 4.72 Å². The van der Waals surface area contributed by atoms with E-state index in [4.69, 9.17) is 5.11 Å². The topological polar surface area (TPSA) is 71.3 Å². The van der Waals surface area contributed by atoms with Crippen molar-refractivity contribution in [1.82, 2.24) is 4.57 Å². The molecule has 0 saturated heterocycles. The first-order valence-corrected chi connectivity index (χ1v) is 8.30. The minimum Gasteiger partial charge on any atom is -0.478 e. The molecule has 5 nitrogen and oxygen atoms in total. The molecule has 0 saturated carbocycles. The van der Waals surface area contributed by atoms with Gasteiger partial charge in [0, 0.05) is 28.9 Å². The van der Waals surface area contributed by atoms with Gasteiger partial charge >= 0.3 is 5.97 Å². The van der Waals surface area contributed by atoms with Crippen LogP contribution in [0.2, 0.25) is 0 Å². The van der Waals surface area contributed by atoms with Gasteiger partial charge < -0.3 is 9.83 Å². The number of benzene rings is 2. The number of nitrogens with zero attached hydrogens (tertiary/aromatic N) is 1. The molecule has 0 atom stereocenters. The van der Waals surface area contributed by atoms with Crippen LogP contribution in [0.3, 0.4) is 0 Å². The normalized spacial score (nSPS) is 10.6. The molecule has 0 amide bonds. The van der Waals surface area contributed by atoms with E-state index in [0.29, 0.717) is 16.6 Å². The van der Waals surface area contributed by atoms with E-state index < -0.39 is 34.5 Å². The molecule has 3 aromatic rings. The molecule has 2 aromatic carbocycles. The van der Waals surface area contributed by atoms with Crippen molar-refractivity contribution in [2.24, 2.45) is 0 Å². The number of carboxylic acid groups (broad SMARTS) is 1. The van der Waals surface area contributed by atoms with Crippen LogP contribution >= 0.6 is 11.9 Å². The van der Waals surface area contributed by atoms with Crippen molar-refractivity contribution in [3.8, 4) is 5.69 Å². The Labute approximate surface area is 155 Å². The van der Waals surface area contributed by atoms with Gasteiger partial charge in [0.15, 0.2) is 0 Å². The van der Waals surface area contributed by atoms with Crippen molar-refractivity contribution < 1.29 is 23.1 Å². The molecule has 2 N–H and O–H groups in total. The lowest BCUT2D eigenvalue weighted by atomic mass is 10.2. The van der Waals surface area contributed by atoms with Gasteiger partial charge in [-0.2, -0.15) is 0 Å². The predicted molar refractivity (Wildman–Crippen MR) is 94.8 cm³/mol. The van der Waals surface area contributed by atoms with E-state index in [0.717, 1.165) is 30.1 Å². The Morgan fingerprint density at radius 2 is 1.70 bits per heavy atom.